The first-order chi connectivity index (χ1) is 15.8. The van der Waals surface area contributed by atoms with Crippen LogP contribution in [0.5, 0.6) is 0 Å². The molecule has 0 radical (unpaired) electrons. The molecule has 1 aliphatic heterocycles. The molecule has 0 aliphatic carbocycles. The molecule has 170 valence electrons. The lowest BCUT2D eigenvalue weighted by Gasteiger charge is -2.34. The molecular formula is C25H28N6O2. The standard InChI is InChI=1S/C25H28N6O2/c1-25(2,3)30-20-19(21(32)22(20)33)29-17-8-4-6-15(12-17)16-7-5-11-31(13-16)24-18-9-10-26-23(18)27-14-28-24/h4,6,8-10,12,14,16,29-30H,5,7,11,13H2,1-3H3,(H,26,27,28). The van der Waals surface area contributed by atoms with E-state index in [1.165, 1.54) is 5.56 Å². The average molecular weight is 445 g/mol. The van der Waals surface area contributed by atoms with Gasteiger partial charge in [-0.1, -0.05) is 12.1 Å². The zero-order valence-corrected chi connectivity index (χ0v) is 19.1. The van der Waals surface area contributed by atoms with E-state index >= 15 is 0 Å². The predicted molar refractivity (Wildman–Crippen MR) is 133 cm³/mol. The second-order valence-electron chi connectivity index (χ2n) is 9.76. The van der Waals surface area contributed by atoms with Crippen LogP contribution >= 0.6 is 0 Å². The maximum absolute atomic E-state index is 12.2. The van der Waals surface area contributed by atoms with Gasteiger partial charge in [-0.3, -0.25) is 9.59 Å². The molecule has 2 aromatic carbocycles. The fourth-order valence-corrected chi connectivity index (χ4v) is 4.57. The molecule has 2 aromatic heterocycles. The third-order valence-electron chi connectivity index (χ3n) is 6.09. The number of aromatic amines is 1. The van der Waals surface area contributed by atoms with Crippen molar-refractivity contribution in [3.8, 4) is 0 Å². The van der Waals surface area contributed by atoms with Crippen molar-refractivity contribution < 1.29 is 0 Å². The van der Waals surface area contributed by atoms with Gasteiger partial charge in [0.15, 0.2) is 0 Å². The summed E-state index contributed by atoms with van der Waals surface area (Å²) in [5.41, 5.74) is 2.31. The number of benzene rings is 1. The van der Waals surface area contributed by atoms with Crippen molar-refractivity contribution in [1.29, 1.82) is 0 Å². The van der Waals surface area contributed by atoms with Crippen molar-refractivity contribution in [2.24, 2.45) is 0 Å². The van der Waals surface area contributed by atoms with Gasteiger partial charge < -0.3 is 20.5 Å². The number of fused-ring (bicyclic) bond motifs is 1. The average Bonchev–Trinajstić information content (AvgIpc) is 3.30. The zero-order chi connectivity index (χ0) is 23.2. The lowest BCUT2D eigenvalue weighted by atomic mass is 9.90. The van der Waals surface area contributed by atoms with E-state index in [9.17, 15) is 9.59 Å². The summed E-state index contributed by atoms with van der Waals surface area (Å²) in [4.78, 5) is 38.6. The fourth-order valence-electron chi connectivity index (χ4n) is 4.57. The van der Waals surface area contributed by atoms with Crippen LogP contribution in [-0.2, 0) is 0 Å². The van der Waals surface area contributed by atoms with Crippen LogP contribution < -0.4 is 26.4 Å². The van der Waals surface area contributed by atoms with Crippen LogP contribution in [0.1, 0.15) is 45.1 Å². The molecule has 0 saturated carbocycles. The molecule has 33 heavy (non-hydrogen) atoms. The first-order valence-electron chi connectivity index (χ1n) is 11.3. The number of hydrogen-bond acceptors (Lipinski definition) is 7. The molecule has 1 saturated heterocycles. The number of H-pyrrole nitrogens is 1. The quantitative estimate of drug-likeness (QED) is 0.401. The van der Waals surface area contributed by atoms with E-state index in [0.717, 1.165) is 48.5 Å². The van der Waals surface area contributed by atoms with Crippen LogP contribution in [0.25, 0.3) is 11.0 Å². The molecule has 3 N–H and O–H groups in total. The van der Waals surface area contributed by atoms with E-state index in [4.69, 9.17) is 0 Å². The lowest BCUT2D eigenvalue weighted by molar-refractivity contribution is 0.508. The Morgan fingerprint density at radius 3 is 2.73 bits per heavy atom. The minimum absolute atomic E-state index is 0.308. The molecule has 1 aliphatic rings. The summed E-state index contributed by atoms with van der Waals surface area (Å²) >= 11 is 0. The Labute approximate surface area is 191 Å². The van der Waals surface area contributed by atoms with Crippen molar-refractivity contribution in [3.63, 3.8) is 0 Å². The minimum atomic E-state index is -0.477. The number of anilines is 4. The Kier molecular flexibility index (Phi) is 5.15. The third-order valence-corrected chi connectivity index (χ3v) is 6.09. The van der Waals surface area contributed by atoms with E-state index in [0.29, 0.717) is 17.3 Å². The van der Waals surface area contributed by atoms with Gasteiger partial charge in [-0.2, -0.15) is 0 Å². The summed E-state index contributed by atoms with van der Waals surface area (Å²) in [6.45, 7) is 7.70. The molecule has 5 rings (SSSR count). The molecule has 3 heterocycles. The fraction of sp³-hybridized carbons (Fsp3) is 0.360. The Morgan fingerprint density at radius 1 is 1.09 bits per heavy atom. The van der Waals surface area contributed by atoms with Crippen LogP contribution in [0.2, 0.25) is 0 Å². The molecule has 0 bridgehead atoms. The third kappa shape index (κ3) is 4.08. The number of aromatic nitrogens is 3. The van der Waals surface area contributed by atoms with Gasteiger partial charge in [-0.05, 0) is 57.4 Å². The van der Waals surface area contributed by atoms with Crippen LogP contribution in [-0.4, -0.2) is 33.6 Å². The van der Waals surface area contributed by atoms with Gasteiger partial charge in [0.25, 0.3) is 10.9 Å². The number of nitrogens with zero attached hydrogens (tertiary/aromatic N) is 3. The van der Waals surface area contributed by atoms with Gasteiger partial charge in [0, 0.05) is 36.4 Å². The number of nitrogens with one attached hydrogen (secondary N) is 3. The highest BCUT2D eigenvalue weighted by atomic mass is 16.2. The topological polar surface area (TPSA) is 103 Å². The largest absolute Gasteiger partial charge is 0.375 e. The van der Waals surface area contributed by atoms with E-state index < -0.39 is 10.9 Å². The molecular weight excluding hydrogens is 416 g/mol. The van der Waals surface area contributed by atoms with Gasteiger partial charge in [-0.15, -0.1) is 0 Å². The Morgan fingerprint density at radius 2 is 1.91 bits per heavy atom. The van der Waals surface area contributed by atoms with Crippen LogP contribution in [0.4, 0.5) is 22.9 Å². The van der Waals surface area contributed by atoms with Crippen molar-refractivity contribution in [1.82, 2.24) is 15.0 Å². The van der Waals surface area contributed by atoms with Crippen LogP contribution in [0.3, 0.4) is 0 Å². The van der Waals surface area contributed by atoms with Crippen LogP contribution in [0, 0.1) is 0 Å². The summed E-state index contributed by atoms with van der Waals surface area (Å²) in [6, 6.07) is 10.1. The van der Waals surface area contributed by atoms with E-state index in [-0.39, 0.29) is 5.54 Å². The Balaban J connectivity index is 1.37. The van der Waals surface area contributed by atoms with E-state index in [1.54, 1.807) is 6.33 Å². The Bertz CT molecular complexity index is 1380. The monoisotopic (exact) mass is 444 g/mol. The van der Waals surface area contributed by atoms with Crippen molar-refractivity contribution in [2.45, 2.75) is 45.1 Å². The van der Waals surface area contributed by atoms with Crippen molar-refractivity contribution >= 4 is 33.9 Å². The molecule has 0 spiro atoms. The SMILES string of the molecule is CC(C)(C)Nc1c(Nc2cccc(C3CCCN(c4ncnc5[nH]ccc45)C3)c2)c(=O)c1=O. The lowest BCUT2D eigenvalue weighted by Crippen LogP contribution is -2.41. The summed E-state index contributed by atoms with van der Waals surface area (Å²) in [6.07, 6.45) is 5.65. The smallest absolute Gasteiger partial charge is 0.253 e. The van der Waals surface area contributed by atoms with Gasteiger partial charge in [0.2, 0.25) is 0 Å². The van der Waals surface area contributed by atoms with Gasteiger partial charge in [0.1, 0.15) is 29.2 Å². The molecule has 1 unspecified atom stereocenters. The highest BCUT2D eigenvalue weighted by molar-refractivity contribution is 5.87. The second kappa shape index (κ2) is 8.03. The molecule has 1 fully saturated rings. The maximum Gasteiger partial charge on any atom is 0.253 e. The van der Waals surface area contributed by atoms with Gasteiger partial charge in [0.05, 0.1) is 5.39 Å². The molecule has 8 heteroatoms. The van der Waals surface area contributed by atoms with E-state index in [1.807, 2.05) is 45.2 Å². The molecule has 4 aromatic rings. The highest BCUT2D eigenvalue weighted by Gasteiger charge is 2.26. The summed E-state index contributed by atoms with van der Waals surface area (Å²) < 4.78 is 0. The molecule has 8 nitrogen and oxygen atoms in total. The first-order valence-corrected chi connectivity index (χ1v) is 11.3. The summed E-state index contributed by atoms with van der Waals surface area (Å²) in [5.74, 6) is 1.30. The molecule has 1 atom stereocenters. The highest BCUT2D eigenvalue weighted by Crippen LogP contribution is 2.33. The molecule has 0 amide bonds. The van der Waals surface area contributed by atoms with Gasteiger partial charge >= 0.3 is 0 Å². The van der Waals surface area contributed by atoms with E-state index in [2.05, 4.69) is 42.6 Å². The van der Waals surface area contributed by atoms with Crippen LogP contribution in [0.15, 0.2) is 52.4 Å². The number of piperidine rings is 1. The summed E-state index contributed by atoms with van der Waals surface area (Å²) in [7, 11) is 0. The van der Waals surface area contributed by atoms with Crippen molar-refractivity contribution in [2.75, 3.05) is 28.6 Å². The first kappa shape index (κ1) is 21.2. The summed E-state index contributed by atoms with van der Waals surface area (Å²) in [5, 5.41) is 7.36. The Hall–Kier alpha value is -3.68. The normalized spacial score (nSPS) is 16.9. The van der Waals surface area contributed by atoms with Crippen molar-refractivity contribution in [3.05, 3.63) is 68.9 Å². The number of rotatable bonds is 5. The zero-order valence-electron chi connectivity index (χ0n) is 19.1. The van der Waals surface area contributed by atoms with Gasteiger partial charge in [-0.25, -0.2) is 9.97 Å². The predicted octanol–water partition coefficient (Wildman–Crippen LogP) is 3.89. The maximum atomic E-state index is 12.2. The minimum Gasteiger partial charge on any atom is -0.375 e. The second-order valence-corrected chi connectivity index (χ2v) is 9.76. The number of hydrogen-bond donors (Lipinski definition) is 3.